The van der Waals surface area contributed by atoms with Gasteiger partial charge in [0.05, 0.1) is 17.8 Å². The minimum Gasteiger partial charge on any atom is -0.357 e. The van der Waals surface area contributed by atoms with Crippen LogP contribution in [0.15, 0.2) is 54.6 Å². The smallest absolute Gasteiger partial charge is 0.260 e. The van der Waals surface area contributed by atoms with Gasteiger partial charge >= 0.3 is 0 Å². The number of carbonyl (C=O) groups is 1. The van der Waals surface area contributed by atoms with Crippen molar-refractivity contribution in [2.75, 3.05) is 23.9 Å². The SMILES string of the molecule is CNCc1nc(N(C)C(C)C)cc2c1CN(c1cccc(-c3nnc(C)n3-c3ccccc3)n1)C2=O. The maximum absolute atomic E-state index is 13.6. The lowest BCUT2D eigenvalue weighted by atomic mass is 10.1. The number of amides is 1. The molecule has 0 spiro atoms. The topological polar surface area (TPSA) is 92.1 Å². The number of nitrogens with zero attached hydrogens (tertiary/aromatic N) is 7. The normalized spacial score (nSPS) is 12.9. The van der Waals surface area contributed by atoms with Crippen molar-refractivity contribution in [3.63, 3.8) is 0 Å². The molecule has 0 unspecified atom stereocenters. The van der Waals surface area contributed by atoms with Gasteiger partial charge in [-0.2, -0.15) is 0 Å². The molecular weight excluding hydrogens is 452 g/mol. The molecule has 1 aromatic carbocycles. The molecule has 1 aliphatic heterocycles. The number of fused-ring (bicyclic) bond motifs is 1. The molecule has 9 heteroatoms. The summed E-state index contributed by atoms with van der Waals surface area (Å²) in [6, 6.07) is 17.7. The van der Waals surface area contributed by atoms with Gasteiger partial charge in [-0.05, 0) is 58.2 Å². The molecule has 5 rings (SSSR count). The van der Waals surface area contributed by atoms with Crippen LogP contribution in [0.2, 0.25) is 0 Å². The Morgan fingerprint density at radius 2 is 1.83 bits per heavy atom. The Morgan fingerprint density at radius 3 is 2.56 bits per heavy atom. The van der Waals surface area contributed by atoms with E-state index in [1.807, 2.05) is 80.2 Å². The van der Waals surface area contributed by atoms with Crippen LogP contribution < -0.4 is 15.1 Å². The van der Waals surface area contributed by atoms with Crippen molar-refractivity contribution in [1.82, 2.24) is 30.0 Å². The van der Waals surface area contributed by atoms with Crippen molar-refractivity contribution in [3.05, 3.63) is 77.2 Å². The van der Waals surface area contributed by atoms with E-state index in [0.29, 0.717) is 36.0 Å². The van der Waals surface area contributed by atoms with Crippen LogP contribution in [0.4, 0.5) is 11.6 Å². The molecule has 0 bridgehead atoms. The minimum atomic E-state index is -0.0754. The predicted octanol–water partition coefficient (Wildman–Crippen LogP) is 3.76. The number of rotatable bonds is 7. The lowest BCUT2D eigenvalue weighted by Crippen LogP contribution is -2.27. The first-order valence-electron chi connectivity index (χ1n) is 12.1. The fourth-order valence-corrected chi connectivity index (χ4v) is 4.41. The average molecular weight is 483 g/mol. The number of benzene rings is 1. The molecule has 9 nitrogen and oxygen atoms in total. The number of hydrogen-bond donors (Lipinski definition) is 1. The molecule has 0 aliphatic carbocycles. The van der Waals surface area contributed by atoms with E-state index in [2.05, 4.69) is 34.3 Å². The molecule has 0 saturated heterocycles. The molecule has 4 aromatic rings. The summed E-state index contributed by atoms with van der Waals surface area (Å²) in [4.78, 5) is 27.1. The monoisotopic (exact) mass is 482 g/mol. The number of nitrogens with one attached hydrogen (secondary N) is 1. The zero-order chi connectivity index (χ0) is 25.4. The second kappa shape index (κ2) is 9.50. The lowest BCUT2D eigenvalue weighted by molar-refractivity contribution is 0.0996. The van der Waals surface area contributed by atoms with Crippen LogP contribution in [-0.2, 0) is 13.1 Å². The summed E-state index contributed by atoms with van der Waals surface area (Å²) >= 11 is 0. The zero-order valence-corrected chi connectivity index (χ0v) is 21.2. The predicted molar refractivity (Wildman–Crippen MR) is 140 cm³/mol. The molecule has 1 N–H and O–H groups in total. The fraction of sp³-hybridized carbons (Fsp3) is 0.296. The number of aryl methyl sites for hydroxylation is 1. The third-order valence-corrected chi connectivity index (χ3v) is 6.55. The summed E-state index contributed by atoms with van der Waals surface area (Å²) < 4.78 is 1.97. The van der Waals surface area contributed by atoms with Gasteiger partial charge in [0, 0.05) is 30.9 Å². The molecule has 184 valence electrons. The Morgan fingerprint density at radius 1 is 1.06 bits per heavy atom. The maximum Gasteiger partial charge on any atom is 0.260 e. The largest absolute Gasteiger partial charge is 0.357 e. The Bertz CT molecular complexity index is 1410. The van der Waals surface area contributed by atoms with E-state index >= 15 is 0 Å². The molecule has 4 heterocycles. The van der Waals surface area contributed by atoms with Crippen LogP contribution in [-0.4, -0.2) is 50.8 Å². The first-order valence-corrected chi connectivity index (χ1v) is 12.1. The molecule has 0 atom stereocenters. The van der Waals surface area contributed by atoms with Gasteiger partial charge in [-0.25, -0.2) is 9.97 Å². The summed E-state index contributed by atoms with van der Waals surface area (Å²) in [5.41, 5.74) is 4.09. The van der Waals surface area contributed by atoms with Crippen molar-refractivity contribution in [3.8, 4) is 17.2 Å². The standard InChI is InChI=1S/C27H30N8O/c1-17(2)33(5)25-14-20-21(23(30-25)15-28-4)16-34(27(20)36)24-13-9-12-22(29-24)26-32-31-18(3)35(26)19-10-7-6-8-11-19/h6-14,17,28H,15-16H2,1-5H3. The van der Waals surface area contributed by atoms with Crippen LogP contribution in [0.1, 0.15) is 41.3 Å². The number of pyridine rings is 2. The Hall–Kier alpha value is -4.11. The van der Waals surface area contributed by atoms with E-state index in [4.69, 9.17) is 9.97 Å². The number of anilines is 2. The van der Waals surface area contributed by atoms with Crippen molar-refractivity contribution >= 4 is 17.5 Å². The summed E-state index contributed by atoms with van der Waals surface area (Å²) in [6.45, 7) is 7.12. The van der Waals surface area contributed by atoms with Gasteiger partial charge in [0.1, 0.15) is 23.2 Å². The quantitative estimate of drug-likeness (QED) is 0.429. The third kappa shape index (κ3) is 4.11. The zero-order valence-electron chi connectivity index (χ0n) is 21.2. The second-order valence-corrected chi connectivity index (χ2v) is 9.20. The Kier molecular flexibility index (Phi) is 6.24. The first kappa shape index (κ1) is 23.6. The number of carbonyl (C=O) groups excluding carboxylic acids is 1. The van der Waals surface area contributed by atoms with E-state index in [9.17, 15) is 4.79 Å². The van der Waals surface area contributed by atoms with Gasteiger partial charge in [0.2, 0.25) is 0 Å². The molecular formula is C27H30N8O. The van der Waals surface area contributed by atoms with E-state index in [-0.39, 0.29) is 11.9 Å². The molecule has 3 aromatic heterocycles. The van der Waals surface area contributed by atoms with Gasteiger partial charge in [-0.1, -0.05) is 24.3 Å². The van der Waals surface area contributed by atoms with Crippen molar-refractivity contribution in [2.24, 2.45) is 0 Å². The highest BCUT2D eigenvalue weighted by Gasteiger charge is 2.33. The summed E-state index contributed by atoms with van der Waals surface area (Å²) in [5.74, 6) is 2.68. The van der Waals surface area contributed by atoms with Gasteiger partial charge < -0.3 is 10.2 Å². The molecule has 1 aliphatic rings. The van der Waals surface area contributed by atoms with E-state index in [1.54, 1.807) is 4.90 Å². The van der Waals surface area contributed by atoms with Crippen molar-refractivity contribution in [1.29, 1.82) is 0 Å². The van der Waals surface area contributed by atoms with Gasteiger partial charge in [0.15, 0.2) is 5.82 Å². The Labute approximate surface area is 210 Å². The highest BCUT2D eigenvalue weighted by Crippen LogP contribution is 2.33. The Balaban J connectivity index is 1.53. The first-order chi connectivity index (χ1) is 17.4. The third-order valence-electron chi connectivity index (χ3n) is 6.55. The molecule has 0 saturated carbocycles. The average Bonchev–Trinajstić information content (AvgIpc) is 3.44. The second-order valence-electron chi connectivity index (χ2n) is 9.20. The molecule has 36 heavy (non-hydrogen) atoms. The van der Waals surface area contributed by atoms with Crippen LogP contribution in [0.3, 0.4) is 0 Å². The summed E-state index contributed by atoms with van der Waals surface area (Å²) in [6.07, 6.45) is 0. The van der Waals surface area contributed by atoms with E-state index in [0.717, 1.165) is 28.6 Å². The van der Waals surface area contributed by atoms with Crippen LogP contribution >= 0.6 is 0 Å². The van der Waals surface area contributed by atoms with Gasteiger partial charge in [0.25, 0.3) is 5.91 Å². The summed E-state index contributed by atoms with van der Waals surface area (Å²) in [5, 5.41) is 11.9. The molecule has 0 radical (unpaired) electrons. The van der Waals surface area contributed by atoms with Gasteiger partial charge in [-0.15, -0.1) is 10.2 Å². The van der Waals surface area contributed by atoms with Gasteiger partial charge in [-0.3, -0.25) is 14.3 Å². The van der Waals surface area contributed by atoms with E-state index in [1.165, 1.54) is 0 Å². The van der Waals surface area contributed by atoms with Crippen LogP contribution in [0.5, 0.6) is 0 Å². The lowest BCUT2D eigenvalue weighted by Gasteiger charge is -2.24. The van der Waals surface area contributed by atoms with Crippen LogP contribution in [0.25, 0.3) is 17.2 Å². The summed E-state index contributed by atoms with van der Waals surface area (Å²) in [7, 11) is 3.88. The number of hydrogen-bond acceptors (Lipinski definition) is 7. The molecule has 1 amide bonds. The van der Waals surface area contributed by atoms with E-state index < -0.39 is 0 Å². The number of aromatic nitrogens is 5. The maximum atomic E-state index is 13.6. The fourth-order valence-electron chi connectivity index (χ4n) is 4.41. The van der Waals surface area contributed by atoms with Crippen LogP contribution in [0, 0.1) is 6.92 Å². The van der Waals surface area contributed by atoms with Crippen molar-refractivity contribution in [2.45, 2.75) is 39.9 Å². The highest BCUT2D eigenvalue weighted by atomic mass is 16.2. The number of para-hydroxylation sites is 1. The molecule has 0 fully saturated rings. The minimum absolute atomic E-state index is 0.0754. The van der Waals surface area contributed by atoms with Crippen molar-refractivity contribution < 1.29 is 4.79 Å². The highest BCUT2D eigenvalue weighted by molar-refractivity contribution is 6.10.